The van der Waals surface area contributed by atoms with Gasteiger partial charge < -0.3 is 20.6 Å². The molecule has 0 bridgehead atoms. The van der Waals surface area contributed by atoms with E-state index < -0.39 is 6.10 Å². The van der Waals surface area contributed by atoms with E-state index in [2.05, 4.69) is 10.6 Å². The molecule has 2 amide bonds. The summed E-state index contributed by atoms with van der Waals surface area (Å²) >= 11 is 0. The van der Waals surface area contributed by atoms with E-state index in [1.54, 1.807) is 12.1 Å². The second-order valence-corrected chi connectivity index (χ2v) is 6.40. The highest BCUT2D eigenvalue weighted by atomic mass is 19.1. The van der Waals surface area contributed by atoms with Crippen molar-refractivity contribution in [1.82, 2.24) is 10.6 Å². The minimum Gasteiger partial charge on any atom is -0.391 e. The molecule has 1 fully saturated rings. The Hall–Kier alpha value is -1.82. The Morgan fingerprint density at radius 2 is 2.17 bits per heavy atom. The van der Waals surface area contributed by atoms with Crippen LogP contribution >= 0.6 is 0 Å². The van der Waals surface area contributed by atoms with E-state index >= 15 is 0 Å². The van der Waals surface area contributed by atoms with Crippen molar-refractivity contribution >= 4 is 11.7 Å². The molecule has 1 aliphatic rings. The van der Waals surface area contributed by atoms with Crippen molar-refractivity contribution in [3.05, 3.63) is 30.1 Å². The summed E-state index contributed by atoms with van der Waals surface area (Å²) in [7, 11) is 0. The molecule has 1 saturated heterocycles. The molecule has 3 N–H and O–H groups in total. The Bertz CT molecular complexity index is 524. The number of nitrogens with zero attached hydrogens (tertiary/aromatic N) is 1. The maximum absolute atomic E-state index is 13.9. The summed E-state index contributed by atoms with van der Waals surface area (Å²) < 4.78 is 13.9. The van der Waals surface area contributed by atoms with Crippen LogP contribution in [0, 0.1) is 11.7 Å². The molecule has 0 aromatic heterocycles. The number of piperidine rings is 1. The lowest BCUT2D eigenvalue weighted by Gasteiger charge is -2.35. The smallest absolute Gasteiger partial charge is 0.315 e. The first-order valence-corrected chi connectivity index (χ1v) is 8.19. The number of amides is 2. The molecule has 0 spiro atoms. The maximum Gasteiger partial charge on any atom is 0.315 e. The normalized spacial score (nSPS) is 19.5. The van der Waals surface area contributed by atoms with Crippen molar-refractivity contribution in [3.8, 4) is 0 Å². The number of halogens is 1. The Morgan fingerprint density at radius 1 is 1.43 bits per heavy atom. The number of aliphatic hydroxyl groups excluding tert-OH is 1. The first kappa shape index (κ1) is 17.5. The SMILES string of the molecule is CC(C)C(O)CNC(=O)NC1CCCN(c2ccccc2F)C1. The van der Waals surface area contributed by atoms with Crippen molar-refractivity contribution in [2.45, 2.75) is 38.8 Å². The van der Waals surface area contributed by atoms with Crippen molar-refractivity contribution in [2.24, 2.45) is 5.92 Å². The summed E-state index contributed by atoms with van der Waals surface area (Å²) in [6.45, 7) is 5.40. The number of anilines is 1. The minimum absolute atomic E-state index is 0.0282. The van der Waals surface area contributed by atoms with Crippen LogP contribution in [-0.2, 0) is 0 Å². The molecule has 2 rings (SSSR count). The van der Waals surface area contributed by atoms with Crippen molar-refractivity contribution in [3.63, 3.8) is 0 Å². The van der Waals surface area contributed by atoms with Crippen molar-refractivity contribution in [1.29, 1.82) is 0 Å². The lowest BCUT2D eigenvalue weighted by Crippen LogP contribution is -2.51. The van der Waals surface area contributed by atoms with Gasteiger partial charge in [-0.1, -0.05) is 26.0 Å². The Balaban J connectivity index is 1.84. The monoisotopic (exact) mass is 323 g/mol. The average Bonchev–Trinajstić information content (AvgIpc) is 2.53. The molecular formula is C17H26FN3O2. The number of carbonyl (C=O) groups is 1. The highest BCUT2D eigenvalue weighted by molar-refractivity contribution is 5.74. The fraction of sp³-hybridized carbons (Fsp3) is 0.588. The van der Waals surface area contributed by atoms with Gasteiger partial charge in [0, 0.05) is 25.7 Å². The number of urea groups is 1. The molecule has 5 nitrogen and oxygen atoms in total. The van der Waals surface area contributed by atoms with Crippen LogP contribution in [0.15, 0.2) is 24.3 Å². The average molecular weight is 323 g/mol. The van der Waals surface area contributed by atoms with Gasteiger partial charge in [0.25, 0.3) is 0 Å². The van der Waals surface area contributed by atoms with Gasteiger partial charge in [-0.2, -0.15) is 0 Å². The molecule has 1 aromatic rings. The van der Waals surface area contributed by atoms with E-state index in [0.717, 1.165) is 19.4 Å². The molecule has 0 aliphatic carbocycles. The van der Waals surface area contributed by atoms with E-state index in [1.165, 1.54) is 6.07 Å². The van der Waals surface area contributed by atoms with Crippen molar-refractivity contribution in [2.75, 3.05) is 24.5 Å². The van der Waals surface area contributed by atoms with Crippen LogP contribution in [0.4, 0.5) is 14.9 Å². The largest absolute Gasteiger partial charge is 0.391 e. The van der Waals surface area contributed by atoms with E-state index in [-0.39, 0.29) is 30.4 Å². The quantitative estimate of drug-likeness (QED) is 0.777. The Morgan fingerprint density at radius 3 is 2.87 bits per heavy atom. The van der Waals surface area contributed by atoms with E-state index in [0.29, 0.717) is 12.2 Å². The summed E-state index contributed by atoms with van der Waals surface area (Å²) in [6, 6.07) is 6.38. The first-order chi connectivity index (χ1) is 11.0. The van der Waals surface area contributed by atoms with Crippen LogP contribution in [0.3, 0.4) is 0 Å². The summed E-state index contributed by atoms with van der Waals surface area (Å²) in [4.78, 5) is 13.9. The standard InChI is InChI=1S/C17H26FN3O2/c1-12(2)16(22)10-19-17(23)20-13-6-5-9-21(11-13)15-8-4-3-7-14(15)18/h3-4,7-8,12-13,16,22H,5-6,9-11H2,1-2H3,(H2,19,20,23). The van der Waals surface area contributed by atoms with Gasteiger partial charge in [0.15, 0.2) is 0 Å². The number of carbonyl (C=O) groups excluding carboxylic acids is 1. The summed E-state index contributed by atoms with van der Waals surface area (Å²) in [5.41, 5.74) is 0.578. The molecular weight excluding hydrogens is 297 g/mol. The van der Waals surface area contributed by atoms with Crippen molar-refractivity contribution < 1.29 is 14.3 Å². The number of hydrogen-bond donors (Lipinski definition) is 3. The predicted octanol–water partition coefficient (Wildman–Crippen LogP) is 2.11. The van der Waals surface area contributed by atoms with Gasteiger partial charge in [-0.05, 0) is 30.9 Å². The van der Waals surface area contributed by atoms with Crippen LogP contribution in [0.25, 0.3) is 0 Å². The van der Waals surface area contributed by atoms with E-state index in [4.69, 9.17) is 0 Å². The number of aliphatic hydroxyl groups is 1. The van der Waals surface area contributed by atoms with E-state index in [9.17, 15) is 14.3 Å². The Kier molecular flexibility index (Phi) is 6.21. The first-order valence-electron chi connectivity index (χ1n) is 8.19. The van der Waals surface area contributed by atoms with Gasteiger partial charge >= 0.3 is 6.03 Å². The number of rotatable bonds is 5. The van der Waals surface area contributed by atoms with Gasteiger partial charge in [0.1, 0.15) is 5.82 Å². The van der Waals surface area contributed by atoms with Crippen LogP contribution in [0.5, 0.6) is 0 Å². The fourth-order valence-corrected chi connectivity index (χ4v) is 2.69. The number of hydrogen-bond acceptors (Lipinski definition) is 3. The molecule has 1 aromatic carbocycles. The summed E-state index contributed by atoms with van der Waals surface area (Å²) in [6.07, 6.45) is 1.21. The fourth-order valence-electron chi connectivity index (χ4n) is 2.69. The molecule has 2 atom stereocenters. The number of benzene rings is 1. The molecule has 0 radical (unpaired) electrons. The molecule has 1 aliphatic heterocycles. The van der Waals surface area contributed by atoms with Crippen LogP contribution in [-0.4, -0.2) is 42.9 Å². The molecule has 1 heterocycles. The number of nitrogens with one attached hydrogen (secondary N) is 2. The Labute approximate surface area is 136 Å². The lowest BCUT2D eigenvalue weighted by atomic mass is 10.0. The maximum atomic E-state index is 13.9. The third kappa shape index (κ3) is 5.10. The lowest BCUT2D eigenvalue weighted by molar-refractivity contribution is 0.124. The third-order valence-corrected chi connectivity index (χ3v) is 4.19. The predicted molar refractivity (Wildman–Crippen MR) is 89.0 cm³/mol. The molecule has 0 saturated carbocycles. The topological polar surface area (TPSA) is 64.6 Å². The third-order valence-electron chi connectivity index (χ3n) is 4.19. The van der Waals surface area contributed by atoms with Crippen LogP contribution in [0.2, 0.25) is 0 Å². The number of para-hydroxylation sites is 1. The second-order valence-electron chi connectivity index (χ2n) is 6.40. The van der Waals surface area contributed by atoms with Gasteiger partial charge in [0.2, 0.25) is 0 Å². The van der Waals surface area contributed by atoms with Gasteiger partial charge in [-0.15, -0.1) is 0 Å². The zero-order valence-corrected chi connectivity index (χ0v) is 13.8. The second kappa shape index (κ2) is 8.15. The zero-order valence-electron chi connectivity index (χ0n) is 13.8. The summed E-state index contributed by atoms with van der Waals surface area (Å²) in [5.74, 6) is -0.140. The molecule has 128 valence electrons. The van der Waals surface area contributed by atoms with Crippen LogP contribution < -0.4 is 15.5 Å². The highest BCUT2D eigenvalue weighted by Gasteiger charge is 2.23. The highest BCUT2D eigenvalue weighted by Crippen LogP contribution is 2.22. The van der Waals surface area contributed by atoms with Gasteiger partial charge in [-0.25, -0.2) is 9.18 Å². The van der Waals surface area contributed by atoms with Gasteiger partial charge in [0.05, 0.1) is 11.8 Å². The molecule has 2 unspecified atom stereocenters. The van der Waals surface area contributed by atoms with Crippen LogP contribution in [0.1, 0.15) is 26.7 Å². The molecule has 23 heavy (non-hydrogen) atoms. The minimum atomic E-state index is -0.554. The molecule has 6 heteroatoms. The summed E-state index contributed by atoms with van der Waals surface area (Å²) in [5, 5.41) is 15.3. The van der Waals surface area contributed by atoms with E-state index in [1.807, 2.05) is 24.8 Å². The van der Waals surface area contributed by atoms with Gasteiger partial charge in [-0.3, -0.25) is 0 Å². The zero-order chi connectivity index (χ0) is 16.8.